The summed E-state index contributed by atoms with van der Waals surface area (Å²) in [5.41, 5.74) is 3.72. The van der Waals surface area contributed by atoms with Crippen molar-refractivity contribution in [1.29, 1.82) is 0 Å². The summed E-state index contributed by atoms with van der Waals surface area (Å²) in [4.78, 5) is 14.3. The van der Waals surface area contributed by atoms with E-state index in [2.05, 4.69) is 60.7 Å². The van der Waals surface area contributed by atoms with E-state index < -0.39 is 0 Å². The topological polar surface area (TPSA) is 25.2 Å². The van der Waals surface area contributed by atoms with Crippen LogP contribution in [0.1, 0.15) is 29.7 Å². The zero-order chi connectivity index (χ0) is 16.2. The zero-order valence-corrected chi connectivity index (χ0v) is 13.7. The van der Waals surface area contributed by atoms with Crippen LogP contribution in [0.15, 0.2) is 55.3 Å². The van der Waals surface area contributed by atoms with Crippen LogP contribution in [0.4, 0.5) is 0 Å². The predicted octanol–water partition coefficient (Wildman–Crippen LogP) is 3.77. The maximum Gasteiger partial charge on any atom is 0.226 e. The molecule has 23 heavy (non-hydrogen) atoms. The number of hydrogen-bond acceptors (Lipinski definition) is 1. The molecule has 0 spiro atoms. The lowest BCUT2D eigenvalue weighted by Gasteiger charge is -2.22. The third-order valence-corrected chi connectivity index (χ3v) is 4.30. The van der Waals surface area contributed by atoms with E-state index >= 15 is 0 Å². The summed E-state index contributed by atoms with van der Waals surface area (Å²) in [6.45, 7) is 8.01. The maximum absolute atomic E-state index is 12.4. The molecule has 1 aliphatic carbocycles. The van der Waals surface area contributed by atoms with Gasteiger partial charge in [0.2, 0.25) is 5.91 Å². The smallest absolute Gasteiger partial charge is 0.226 e. The summed E-state index contributed by atoms with van der Waals surface area (Å²) in [5.74, 6) is 0.517. The van der Waals surface area contributed by atoms with Gasteiger partial charge in [-0.25, -0.2) is 0 Å². The van der Waals surface area contributed by atoms with E-state index in [0.717, 1.165) is 19.4 Å². The summed E-state index contributed by atoms with van der Waals surface area (Å²) in [5, 5.41) is 0. The molecule has 0 unspecified atom stereocenters. The van der Waals surface area contributed by atoms with Crippen molar-refractivity contribution in [1.82, 2.24) is 9.47 Å². The van der Waals surface area contributed by atoms with Gasteiger partial charge in [-0.05, 0) is 37.5 Å². The first-order valence-corrected chi connectivity index (χ1v) is 8.26. The second-order valence-corrected chi connectivity index (χ2v) is 6.40. The molecular weight excluding hydrogens is 284 g/mol. The maximum atomic E-state index is 12.4. The lowest BCUT2D eigenvalue weighted by atomic mass is 10.1. The number of hydrogen-bond donors (Lipinski definition) is 0. The van der Waals surface area contributed by atoms with E-state index in [9.17, 15) is 4.79 Å². The lowest BCUT2D eigenvalue weighted by molar-refractivity contribution is -0.132. The van der Waals surface area contributed by atoms with E-state index in [1.165, 1.54) is 16.8 Å². The molecule has 3 heteroatoms. The van der Waals surface area contributed by atoms with E-state index in [1.54, 1.807) is 0 Å². The Hall–Kier alpha value is -2.29. The second-order valence-electron chi connectivity index (χ2n) is 6.40. The normalized spacial score (nSPS) is 13.8. The molecule has 1 aliphatic rings. The number of aromatic nitrogens is 1. The standard InChI is InChI=1S/C20H24N2O/c1-3-11-22(20(23)18-9-10-18)15-19-8-5-12-21(19)14-17-7-4-6-16(2)13-17/h3-8,12-13,18H,1,9-11,14-15H2,2H3. The Morgan fingerprint density at radius 3 is 2.87 bits per heavy atom. The van der Waals surface area contributed by atoms with Crippen LogP contribution in [0.2, 0.25) is 0 Å². The molecule has 0 radical (unpaired) electrons. The Morgan fingerprint density at radius 2 is 2.17 bits per heavy atom. The minimum Gasteiger partial charge on any atom is -0.345 e. The number of rotatable bonds is 7. The summed E-state index contributed by atoms with van der Waals surface area (Å²) < 4.78 is 2.23. The van der Waals surface area contributed by atoms with Gasteiger partial charge in [0, 0.05) is 30.9 Å². The highest BCUT2D eigenvalue weighted by Gasteiger charge is 2.33. The third-order valence-electron chi connectivity index (χ3n) is 4.30. The van der Waals surface area contributed by atoms with Crippen molar-refractivity contribution in [2.24, 2.45) is 5.92 Å². The number of nitrogens with zero attached hydrogens (tertiary/aromatic N) is 2. The Bertz CT molecular complexity index is 697. The molecule has 1 fully saturated rings. The Kier molecular flexibility index (Phi) is 4.65. The molecule has 1 aromatic heterocycles. The molecule has 2 aromatic rings. The molecule has 0 N–H and O–H groups in total. The van der Waals surface area contributed by atoms with Crippen molar-refractivity contribution in [2.45, 2.75) is 32.9 Å². The van der Waals surface area contributed by atoms with Crippen LogP contribution in [0.3, 0.4) is 0 Å². The fraction of sp³-hybridized carbons (Fsp3) is 0.350. The van der Waals surface area contributed by atoms with Crippen LogP contribution in [0.5, 0.6) is 0 Å². The van der Waals surface area contributed by atoms with E-state index in [-0.39, 0.29) is 11.8 Å². The molecule has 1 saturated carbocycles. The Morgan fingerprint density at radius 1 is 1.35 bits per heavy atom. The van der Waals surface area contributed by atoms with Gasteiger partial charge in [-0.1, -0.05) is 35.9 Å². The first-order valence-electron chi connectivity index (χ1n) is 8.26. The fourth-order valence-electron chi connectivity index (χ4n) is 2.93. The van der Waals surface area contributed by atoms with Crippen molar-refractivity contribution >= 4 is 5.91 Å². The van der Waals surface area contributed by atoms with Gasteiger partial charge in [0.05, 0.1) is 6.54 Å². The van der Waals surface area contributed by atoms with Gasteiger partial charge in [0.15, 0.2) is 0 Å². The minimum absolute atomic E-state index is 0.245. The quantitative estimate of drug-likeness (QED) is 0.715. The van der Waals surface area contributed by atoms with Crippen LogP contribution >= 0.6 is 0 Å². The second kappa shape index (κ2) is 6.86. The highest BCUT2D eigenvalue weighted by molar-refractivity contribution is 5.81. The fourth-order valence-corrected chi connectivity index (χ4v) is 2.93. The monoisotopic (exact) mass is 308 g/mol. The van der Waals surface area contributed by atoms with Crippen molar-refractivity contribution in [3.63, 3.8) is 0 Å². The molecular formula is C20H24N2O. The van der Waals surface area contributed by atoms with Crippen LogP contribution in [0.25, 0.3) is 0 Å². The molecule has 0 atom stereocenters. The SMILES string of the molecule is C=CCN(Cc1cccn1Cc1cccc(C)c1)C(=O)C1CC1. The van der Waals surface area contributed by atoms with Crippen LogP contribution in [-0.4, -0.2) is 21.9 Å². The highest BCUT2D eigenvalue weighted by Crippen LogP contribution is 2.31. The summed E-state index contributed by atoms with van der Waals surface area (Å²) >= 11 is 0. The van der Waals surface area contributed by atoms with Gasteiger partial charge in [0.25, 0.3) is 0 Å². The Balaban J connectivity index is 1.74. The van der Waals surface area contributed by atoms with Crippen molar-refractivity contribution in [3.8, 4) is 0 Å². The predicted molar refractivity (Wildman–Crippen MR) is 93.1 cm³/mol. The van der Waals surface area contributed by atoms with Gasteiger partial charge >= 0.3 is 0 Å². The Labute approximate surface area is 138 Å². The van der Waals surface area contributed by atoms with Gasteiger partial charge in [-0.2, -0.15) is 0 Å². The summed E-state index contributed by atoms with van der Waals surface area (Å²) in [6.07, 6.45) is 5.98. The van der Waals surface area contributed by atoms with Gasteiger partial charge in [-0.3, -0.25) is 4.79 Å². The number of benzene rings is 1. The number of amides is 1. The zero-order valence-electron chi connectivity index (χ0n) is 13.7. The van der Waals surface area contributed by atoms with E-state index in [1.807, 2.05) is 11.0 Å². The molecule has 1 aromatic carbocycles. The number of carbonyl (C=O) groups excluding carboxylic acids is 1. The van der Waals surface area contributed by atoms with Crippen molar-refractivity contribution in [3.05, 3.63) is 72.1 Å². The molecule has 120 valence electrons. The third kappa shape index (κ3) is 3.92. The lowest BCUT2D eigenvalue weighted by Crippen LogP contribution is -2.32. The van der Waals surface area contributed by atoms with Crippen LogP contribution in [0, 0.1) is 12.8 Å². The summed E-state index contributed by atoms with van der Waals surface area (Å²) in [7, 11) is 0. The van der Waals surface area contributed by atoms with E-state index in [0.29, 0.717) is 13.1 Å². The largest absolute Gasteiger partial charge is 0.345 e. The molecule has 1 amide bonds. The average Bonchev–Trinajstić information content (AvgIpc) is 3.29. The van der Waals surface area contributed by atoms with Gasteiger partial charge < -0.3 is 9.47 Å². The number of aryl methyl sites for hydroxylation is 1. The first kappa shape index (κ1) is 15.6. The van der Waals surface area contributed by atoms with E-state index in [4.69, 9.17) is 0 Å². The number of carbonyl (C=O) groups is 1. The van der Waals surface area contributed by atoms with Crippen LogP contribution < -0.4 is 0 Å². The van der Waals surface area contributed by atoms with Crippen molar-refractivity contribution in [2.75, 3.05) is 6.54 Å². The molecule has 1 heterocycles. The minimum atomic E-state index is 0.245. The average molecular weight is 308 g/mol. The highest BCUT2D eigenvalue weighted by atomic mass is 16.2. The summed E-state index contributed by atoms with van der Waals surface area (Å²) in [6, 6.07) is 12.7. The van der Waals surface area contributed by atoms with Crippen LogP contribution in [-0.2, 0) is 17.9 Å². The molecule has 3 nitrogen and oxygen atoms in total. The van der Waals surface area contributed by atoms with Gasteiger partial charge in [-0.15, -0.1) is 6.58 Å². The van der Waals surface area contributed by atoms with Gasteiger partial charge in [0.1, 0.15) is 0 Å². The van der Waals surface area contributed by atoms with Crippen molar-refractivity contribution < 1.29 is 4.79 Å². The molecule has 3 rings (SSSR count). The molecule has 0 bridgehead atoms. The first-order chi connectivity index (χ1) is 11.2. The molecule has 0 aliphatic heterocycles. The molecule has 0 saturated heterocycles.